The van der Waals surface area contributed by atoms with Crippen molar-refractivity contribution in [2.24, 2.45) is 0 Å². The van der Waals surface area contributed by atoms with Crippen LogP contribution in [0.15, 0.2) is 46.9 Å². The first kappa shape index (κ1) is 23.2. The average molecular weight is 513 g/mol. The summed E-state index contributed by atoms with van der Waals surface area (Å²) in [7, 11) is 0. The lowest BCUT2D eigenvalue weighted by atomic mass is 10.0. The number of rotatable bonds is 8. The van der Waals surface area contributed by atoms with Gasteiger partial charge in [0.25, 0.3) is 0 Å². The molecular formula is C28H38BrN3O. The second-order valence-corrected chi connectivity index (χ2v) is 10.9. The Balaban J connectivity index is 1.03. The summed E-state index contributed by atoms with van der Waals surface area (Å²) in [5.74, 6) is 1.01. The van der Waals surface area contributed by atoms with Gasteiger partial charge in [0.2, 0.25) is 0 Å². The van der Waals surface area contributed by atoms with E-state index in [9.17, 15) is 0 Å². The Bertz CT molecular complexity index is 889. The van der Waals surface area contributed by atoms with Crippen molar-refractivity contribution in [1.82, 2.24) is 9.80 Å². The van der Waals surface area contributed by atoms with Gasteiger partial charge in [0.1, 0.15) is 5.75 Å². The Morgan fingerprint density at radius 1 is 0.848 bits per heavy atom. The number of halogens is 1. The smallest absolute Gasteiger partial charge is 0.119 e. The molecular weight excluding hydrogens is 474 g/mol. The summed E-state index contributed by atoms with van der Waals surface area (Å²) in [5, 5.41) is 0. The Morgan fingerprint density at radius 3 is 2.42 bits per heavy atom. The fraction of sp³-hybridized carbons (Fsp3) is 0.571. The SMILES string of the molecule is Brc1ccc2c(c1)CCN2C1CCN(Cc2ccc(OCCCN3CCCCC3)cc2)CC1. The van der Waals surface area contributed by atoms with Gasteiger partial charge in [0.15, 0.2) is 0 Å². The second-order valence-electron chi connectivity index (χ2n) is 9.97. The molecule has 3 aliphatic rings. The van der Waals surface area contributed by atoms with Crippen LogP contribution in [0.4, 0.5) is 5.69 Å². The molecule has 0 atom stereocenters. The highest BCUT2D eigenvalue weighted by Gasteiger charge is 2.29. The van der Waals surface area contributed by atoms with Crippen molar-refractivity contribution in [3.8, 4) is 5.75 Å². The zero-order valence-corrected chi connectivity index (χ0v) is 21.4. The van der Waals surface area contributed by atoms with E-state index in [2.05, 4.69) is 73.1 Å². The molecule has 2 saturated heterocycles. The van der Waals surface area contributed by atoms with Crippen LogP contribution in [-0.2, 0) is 13.0 Å². The van der Waals surface area contributed by atoms with E-state index in [1.165, 1.54) is 99.1 Å². The van der Waals surface area contributed by atoms with E-state index in [-0.39, 0.29) is 0 Å². The van der Waals surface area contributed by atoms with Crippen LogP contribution in [-0.4, -0.2) is 61.7 Å². The van der Waals surface area contributed by atoms with Crippen molar-refractivity contribution >= 4 is 21.6 Å². The van der Waals surface area contributed by atoms with Crippen molar-refractivity contribution in [3.05, 3.63) is 58.1 Å². The van der Waals surface area contributed by atoms with E-state index in [0.717, 1.165) is 25.3 Å². The summed E-state index contributed by atoms with van der Waals surface area (Å²) >= 11 is 3.62. The van der Waals surface area contributed by atoms with Crippen molar-refractivity contribution in [2.75, 3.05) is 50.8 Å². The number of benzene rings is 2. The average Bonchev–Trinajstić information content (AvgIpc) is 3.27. The van der Waals surface area contributed by atoms with Crippen LogP contribution in [0.3, 0.4) is 0 Å². The normalized spacial score (nSPS) is 20.2. The summed E-state index contributed by atoms with van der Waals surface area (Å²) in [6.45, 7) is 9.13. The van der Waals surface area contributed by atoms with Gasteiger partial charge in [-0.25, -0.2) is 0 Å². The fourth-order valence-electron chi connectivity index (χ4n) is 5.77. The van der Waals surface area contributed by atoms with E-state index < -0.39 is 0 Å². The number of anilines is 1. The highest BCUT2D eigenvalue weighted by molar-refractivity contribution is 9.10. The Kier molecular flexibility index (Phi) is 7.90. The van der Waals surface area contributed by atoms with Gasteiger partial charge in [0.05, 0.1) is 6.61 Å². The Morgan fingerprint density at radius 2 is 1.64 bits per heavy atom. The van der Waals surface area contributed by atoms with Crippen LogP contribution >= 0.6 is 15.9 Å². The van der Waals surface area contributed by atoms with Gasteiger partial charge in [-0.3, -0.25) is 4.90 Å². The number of ether oxygens (including phenoxy) is 1. The minimum atomic E-state index is 0.685. The van der Waals surface area contributed by atoms with Crippen molar-refractivity contribution < 1.29 is 4.74 Å². The lowest BCUT2D eigenvalue weighted by Crippen LogP contribution is -2.44. The minimum Gasteiger partial charge on any atom is -0.494 e. The maximum Gasteiger partial charge on any atom is 0.119 e. The minimum absolute atomic E-state index is 0.685. The van der Waals surface area contributed by atoms with E-state index in [4.69, 9.17) is 4.74 Å². The van der Waals surface area contributed by atoms with Gasteiger partial charge in [-0.05, 0) is 93.1 Å². The quantitative estimate of drug-likeness (QED) is 0.421. The Labute approximate surface area is 208 Å². The summed E-state index contributed by atoms with van der Waals surface area (Å²) in [6.07, 6.45) is 8.95. The number of fused-ring (bicyclic) bond motifs is 1. The lowest BCUT2D eigenvalue weighted by Gasteiger charge is -2.38. The molecule has 2 aromatic carbocycles. The van der Waals surface area contributed by atoms with Crippen LogP contribution in [0.25, 0.3) is 0 Å². The lowest BCUT2D eigenvalue weighted by molar-refractivity contribution is 0.201. The maximum absolute atomic E-state index is 6.00. The summed E-state index contributed by atoms with van der Waals surface area (Å²) in [6, 6.07) is 16.3. The van der Waals surface area contributed by atoms with Crippen molar-refractivity contribution in [2.45, 2.75) is 57.5 Å². The van der Waals surface area contributed by atoms with Gasteiger partial charge >= 0.3 is 0 Å². The second kappa shape index (κ2) is 11.2. The third-order valence-corrected chi connectivity index (χ3v) is 8.13. The van der Waals surface area contributed by atoms with Crippen LogP contribution in [0.1, 0.15) is 49.7 Å². The molecule has 2 fully saturated rings. The molecule has 4 nitrogen and oxygen atoms in total. The van der Waals surface area contributed by atoms with Crippen LogP contribution in [0.2, 0.25) is 0 Å². The first-order valence-electron chi connectivity index (χ1n) is 13.0. The number of hydrogen-bond acceptors (Lipinski definition) is 4. The molecule has 0 N–H and O–H groups in total. The predicted molar refractivity (Wildman–Crippen MR) is 140 cm³/mol. The van der Waals surface area contributed by atoms with Gasteiger partial charge in [0, 0.05) is 48.9 Å². The molecule has 3 aliphatic heterocycles. The number of hydrogen-bond donors (Lipinski definition) is 0. The summed E-state index contributed by atoms with van der Waals surface area (Å²) < 4.78 is 7.20. The van der Waals surface area contributed by atoms with E-state index in [1.54, 1.807) is 0 Å². The highest BCUT2D eigenvalue weighted by Crippen LogP contribution is 2.34. The number of likely N-dealkylation sites (tertiary alicyclic amines) is 2. The number of piperidine rings is 2. The molecule has 0 bridgehead atoms. The standard InChI is InChI=1S/C28H38BrN3O/c29-25-7-10-28-24(21-25)11-19-32(28)26-12-17-31(18-13-26)22-23-5-8-27(9-6-23)33-20-4-16-30-14-2-1-3-15-30/h5-10,21,26H,1-4,11-20,22H2. The van der Waals surface area contributed by atoms with Gasteiger partial charge in [-0.1, -0.05) is 34.5 Å². The van der Waals surface area contributed by atoms with Crippen LogP contribution < -0.4 is 9.64 Å². The molecule has 5 rings (SSSR count). The zero-order chi connectivity index (χ0) is 22.5. The van der Waals surface area contributed by atoms with Crippen LogP contribution in [0.5, 0.6) is 5.75 Å². The zero-order valence-electron chi connectivity index (χ0n) is 19.9. The third-order valence-electron chi connectivity index (χ3n) is 7.64. The van der Waals surface area contributed by atoms with Crippen molar-refractivity contribution in [1.29, 1.82) is 0 Å². The van der Waals surface area contributed by atoms with Crippen molar-refractivity contribution in [3.63, 3.8) is 0 Å². The first-order chi connectivity index (χ1) is 16.2. The predicted octanol–water partition coefficient (Wildman–Crippen LogP) is 5.73. The monoisotopic (exact) mass is 511 g/mol. The molecule has 0 aliphatic carbocycles. The Hall–Kier alpha value is -1.56. The molecule has 33 heavy (non-hydrogen) atoms. The number of nitrogens with zero attached hydrogens (tertiary/aromatic N) is 3. The molecule has 2 aromatic rings. The first-order valence-corrected chi connectivity index (χ1v) is 13.8. The van der Waals surface area contributed by atoms with E-state index in [0.29, 0.717) is 6.04 Å². The largest absolute Gasteiger partial charge is 0.494 e. The fourth-order valence-corrected chi connectivity index (χ4v) is 6.18. The van der Waals surface area contributed by atoms with Crippen LogP contribution in [0, 0.1) is 0 Å². The summed E-state index contributed by atoms with van der Waals surface area (Å²) in [5.41, 5.74) is 4.36. The molecule has 0 radical (unpaired) electrons. The molecule has 0 amide bonds. The molecule has 178 valence electrons. The molecule has 0 saturated carbocycles. The molecule has 0 aromatic heterocycles. The summed E-state index contributed by atoms with van der Waals surface area (Å²) in [4.78, 5) is 7.86. The van der Waals surface area contributed by atoms with Gasteiger partial charge in [-0.15, -0.1) is 0 Å². The molecule has 0 unspecified atom stereocenters. The van der Waals surface area contributed by atoms with E-state index in [1.807, 2.05) is 0 Å². The topological polar surface area (TPSA) is 19.0 Å². The molecule has 3 heterocycles. The molecule has 0 spiro atoms. The van der Waals surface area contributed by atoms with Gasteiger partial charge in [-0.2, -0.15) is 0 Å². The molecule has 5 heteroatoms. The van der Waals surface area contributed by atoms with E-state index >= 15 is 0 Å². The third kappa shape index (κ3) is 6.12. The maximum atomic E-state index is 6.00. The highest BCUT2D eigenvalue weighted by atomic mass is 79.9. The van der Waals surface area contributed by atoms with Gasteiger partial charge < -0.3 is 14.5 Å².